The number of nitrogens with two attached hydrogens (primary N) is 1. The summed E-state index contributed by atoms with van der Waals surface area (Å²) in [4.78, 5) is 8.26. The van der Waals surface area contributed by atoms with E-state index in [9.17, 15) is 0 Å². The number of H-pyrrole nitrogens is 1. The summed E-state index contributed by atoms with van der Waals surface area (Å²) < 4.78 is 5.21. The highest BCUT2D eigenvalue weighted by Gasteiger charge is 2.09. The third kappa shape index (κ3) is 4.33. The number of nitrogens with one attached hydrogen (secondary N) is 1. The van der Waals surface area contributed by atoms with Gasteiger partial charge in [0.15, 0.2) is 0 Å². The minimum absolute atomic E-state index is 0.170. The first-order valence-electron chi connectivity index (χ1n) is 10.2. The van der Waals surface area contributed by atoms with Crippen LogP contribution in [0.3, 0.4) is 0 Å². The Hall–Kier alpha value is -3.11. The minimum atomic E-state index is 0.170. The van der Waals surface area contributed by atoms with E-state index < -0.39 is 0 Å². The van der Waals surface area contributed by atoms with E-state index in [1.165, 1.54) is 5.39 Å². The molecule has 0 saturated carbocycles. The number of rotatable bonds is 7. The molecule has 0 aliphatic heterocycles. The van der Waals surface area contributed by atoms with Crippen LogP contribution in [0.1, 0.15) is 36.6 Å². The van der Waals surface area contributed by atoms with Crippen LogP contribution in [-0.4, -0.2) is 23.1 Å². The Labute approximate surface area is 171 Å². The topological polar surface area (TPSA) is 63.9 Å². The number of benzene rings is 2. The van der Waals surface area contributed by atoms with Crippen LogP contribution in [-0.2, 0) is 6.42 Å². The molecule has 29 heavy (non-hydrogen) atoms. The molecule has 0 amide bonds. The van der Waals surface area contributed by atoms with Gasteiger partial charge in [0.1, 0.15) is 11.4 Å². The molecule has 1 atom stereocenters. The Kier molecular flexibility index (Phi) is 5.63. The van der Waals surface area contributed by atoms with Crippen LogP contribution in [0.4, 0.5) is 0 Å². The van der Waals surface area contributed by atoms with E-state index in [4.69, 9.17) is 15.5 Å². The molecule has 2 aromatic heterocycles. The number of fused-ring (bicyclic) bond motifs is 3. The van der Waals surface area contributed by atoms with Gasteiger partial charge in [-0.3, -0.25) is 0 Å². The van der Waals surface area contributed by atoms with Gasteiger partial charge < -0.3 is 15.5 Å². The number of aromatic nitrogens is 2. The van der Waals surface area contributed by atoms with E-state index >= 15 is 0 Å². The van der Waals surface area contributed by atoms with Gasteiger partial charge in [-0.25, -0.2) is 4.98 Å². The maximum Gasteiger partial charge on any atom is 0.138 e. The fraction of sp³-hybridized carbons (Fsp3) is 0.240. The lowest BCUT2D eigenvalue weighted by atomic mass is 10.1. The van der Waals surface area contributed by atoms with E-state index in [1.807, 2.05) is 24.3 Å². The first-order chi connectivity index (χ1) is 14.2. The van der Waals surface area contributed by atoms with Crippen molar-refractivity contribution in [3.8, 4) is 5.75 Å². The molecule has 148 valence electrons. The highest BCUT2D eigenvalue weighted by Crippen LogP contribution is 2.26. The summed E-state index contributed by atoms with van der Waals surface area (Å²) in [5.74, 6) is 0.866. The molecule has 4 aromatic rings. The van der Waals surface area contributed by atoms with Gasteiger partial charge in [-0.15, -0.1) is 0 Å². The molecule has 2 heterocycles. The van der Waals surface area contributed by atoms with Crippen molar-refractivity contribution in [1.29, 1.82) is 0 Å². The molecule has 0 saturated heterocycles. The fourth-order valence-electron chi connectivity index (χ4n) is 3.70. The summed E-state index contributed by atoms with van der Waals surface area (Å²) >= 11 is 0. The lowest BCUT2D eigenvalue weighted by molar-refractivity contribution is 0.415. The molecular weight excluding hydrogens is 358 g/mol. The standard InChI is InChI=1S/C25H27N3O/c1-3-4-19(26)16-20-10-13-22-23-15-18(9-14-24(23)28-25(22)27-20)6-5-17-7-11-21(29-2)12-8-17/h5-15,19H,3-4,16,26H2,1-2H3,(H,27,28). The molecule has 1 unspecified atom stereocenters. The first-order valence-corrected chi connectivity index (χ1v) is 10.2. The molecular formula is C25H27N3O. The molecule has 4 rings (SSSR count). The van der Waals surface area contributed by atoms with Crippen molar-refractivity contribution in [3.05, 3.63) is 71.4 Å². The van der Waals surface area contributed by atoms with Crippen molar-refractivity contribution in [1.82, 2.24) is 9.97 Å². The van der Waals surface area contributed by atoms with E-state index in [0.29, 0.717) is 0 Å². The van der Waals surface area contributed by atoms with Crippen LogP contribution in [0.15, 0.2) is 54.6 Å². The van der Waals surface area contributed by atoms with Crippen molar-refractivity contribution in [3.63, 3.8) is 0 Å². The van der Waals surface area contributed by atoms with Gasteiger partial charge >= 0.3 is 0 Å². The molecule has 0 spiro atoms. The largest absolute Gasteiger partial charge is 0.497 e. The summed E-state index contributed by atoms with van der Waals surface area (Å²) in [7, 11) is 1.68. The highest BCUT2D eigenvalue weighted by molar-refractivity contribution is 6.06. The van der Waals surface area contributed by atoms with E-state index in [-0.39, 0.29) is 6.04 Å². The summed E-state index contributed by atoms with van der Waals surface area (Å²) in [6, 6.07) is 18.9. The van der Waals surface area contributed by atoms with Crippen molar-refractivity contribution in [2.24, 2.45) is 5.73 Å². The molecule has 0 aliphatic carbocycles. The second-order valence-corrected chi connectivity index (χ2v) is 7.49. The predicted octanol–water partition coefficient (Wildman–Crippen LogP) is 5.57. The SMILES string of the molecule is CCCC(N)Cc1ccc2c(n1)[nH]c1ccc(C=Cc3ccc(OC)cc3)cc12. The van der Waals surface area contributed by atoms with Gasteiger partial charge in [0.2, 0.25) is 0 Å². The summed E-state index contributed by atoms with van der Waals surface area (Å²) in [5, 5.41) is 2.33. The lowest BCUT2D eigenvalue weighted by Gasteiger charge is -2.09. The normalized spacial score (nSPS) is 12.8. The van der Waals surface area contributed by atoms with Crippen molar-refractivity contribution < 1.29 is 4.74 Å². The zero-order chi connectivity index (χ0) is 20.2. The summed E-state index contributed by atoms with van der Waals surface area (Å²) in [6.07, 6.45) is 7.18. The third-order valence-electron chi connectivity index (χ3n) is 5.25. The van der Waals surface area contributed by atoms with Gasteiger partial charge in [0.25, 0.3) is 0 Å². The molecule has 3 N–H and O–H groups in total. The molecule has 2 aromatic carbocycles. The Morgan fingerprint density at radius 3 is 2.52 bits per heavy atom. The maximum absolute atomic E-state index is 6.19. The van der Waals surface area contributed by atoms with E-state index in [1.54, 1.807) is 7.11 Å². The average Bonchev–Trinajstić information content (AvgIpc) is 3.09. The molecule has 0 radical (unpaired) electrons. The molecule has 0 bridgehead atoms. The quantitative estimate of drug-likeness (QED) is 0.409. The Bertz CT molecular complexity index is 1140. The monoisotopic (exact) mass is 385 g/mol. The first kappa shape index (κ1) is 19.2. The predicted molar refractivity (Wildman–Crippen MR) is 122 cm³/mol. The van der Waals surface area contributed by atoms with Crippen LogP contribution in [0.5, 0.6) is 5.75 Å². The van der Waals surface area contributed by atoms with Crippen molar-refractivity contribution >= 4 is 34.1 Å². The fourth-order valence-corrected chi connectivity index (χ4v) is 3.70. The van der Waals surface area contributed by atoms with Crippen molar-refractivity contribution in [2.75, 3.05) is 7.11 Å². The minimum Gasteiger partial charge on any atom is -0.497 e. The Balaban J connectivity index is 1.60. The Morgan fingerprint density at radius 1 is 1.00 bits per heavy atom. The number of ether oxygens (including phenoxy) is 1. The second-order valence-electron chi connectivity index (χ2n) is 7.49. The lowest BCUT2D eigenvalue weighted by Crippen LogP contribution is -2.22. The molecule has 4 heteroatoms. The highest BCUT2D eigenvalue weighted by atomic mass is 16.5. The van der Waals surface area contributed by atoms with Crippen molar-refractivity contribution in [2.45, 2.75) is 32.2 Å². The average molecular weight is 386 g/mol. The molecule has 4 nitrogen and oxygen atoms in total. The van der Waals surface area contributed by atoms with Gasteiger partial charge in [0, 0.05) is 34.4 Å². The summed E-state index contributed by atoms with van der Waals surface area (Å²) in [5.41, 5.74) is 11.6. The van der Waals surface area contributed by atoms with E-state index in [2.05, 4.69) is 54.4 Å². The van der Waals surface area contributed by atoms with Crippen LogP contribution >= 0.6 is 0 Å². The smallest absolute Gasteiger partial charge is 0.138 e. The van der Waals surface area contributed by atoms with E-state index in [0.717, 1.165) is 58.4 Å². The number of hydrogen-bond donors (Lipinski definition) is 2. The van der Waals surface area contributed by atoms with Gasteiger partial charge in [-0.2, -0.15) is 0 Å². The number of nitrogens with zero attached hydrogens (tertiary/aromatic N) is 1. The second kappa shape index (κ2) is 8.50. The number of methoxy groups -OCH3 is 1. The van der Waals surface area contributed by atoms with Gasteiger partial charge in [-0.1, -0.05) is 43.7 Å². The van der Waals surface area contributed by atoms with Crippen LogP contribution in [0, 0.1) is 0 Å². The zero-order valence-corrected chi connectivity index (χ0v) is 17.0. The molecule has 0 fully saturated rings. The number of pyridine rings is 1. The third-order valence-corrected chi connectivity index (χ3v) is 5.25. The van der Waals surface area contributed by atoms with Gasteiger partial charge in [0.05, 0.1) is 7.11 Å². The summed E-state index contributed by atoms with van der Waals surface area (Å²) in [6.45, 7) is 2.16. The number of hydrogen-bond acceptors (Lipinski definition) is 3. The molecule has 0 aliphatic rings. The van der Waals surface area contributed by atoms with Crippen LogP contribution < -0.4 is 10.5 Å². The Morgan fingerprint density at radius 2 is 1.76 bits per heavy atom. The number of aromatic amines is 1. The zero-order valence-electron chi connectivity index (χ0n) is 17.0. The van der Waals surface area contributed by atoms with Crippen LogP contribution in [0.2, 0.25) is 0 Å². The van der Waals surface area contributed by atoms with Crippen LogP contribution in [0.25, 0.3) is 34.1 Å². The maximum atomic E-state index is 6.19. The van der Waals surface area contributed by atoms with Gasteiger partial charge in [-0.05, 0) is 53.9 Å².